The molecule has 7 nitrogen and oxygen atoms in total. The van der Waals surface area contributed by atoms with Crippen molar-refractivity contribution >= 4 is 23.5 Å². The number of nitrogens with zero attached hydrogens (tertiary/aromatic N) is 2. The summed E-state index contributed by atoms with van der Waals surface area (Å²) in [4.78, 5) is 39.3. The number of carbonyl (C=O) groups is 3. The highest BCUT2D eigenvalue weighted by Crippen LogP contribution is 2.18. The van der Waals surface area contributed by atoms with Gasteiger partial charge in [-0.3, -0.25) is 19.3 Å². The fourth-order valence-corrected chi connectivity index (χ4v) is 2.92. The molecule has 1 aliphatic rings. The second kappa shape index (κ2) is 8.62. The van der Waals surface area contributed by atoms with Crippen LogP contribution in [-0.2, 0) is 14.3 Å². The van der Waals surface area contributed by atoms with Crippen LogP contribution >= 0.6 is 0 Å². The fraction of sp³-hybridized carbons (Fsp3) is 0.500. The van der Waals surface area contributed by atoms with E-state index in [9.17, 15) is 14.4 Å². The van der Waals surface area contributed by atoms with Crippen LogP contribution in [0.4, 0.5) is 5.69 Å². The number of ether oxygens (including phenoxy) is 1. The van der Waals surface area contributed by atoms with E-state index in [1.54, 1.807) is 38.4 Å². The minimum atomic E-state index is -0.357. The van der Waals surface area contributed by atoms with E-state index in [4.69, 9.17) is 4.74 Å². The van der Waals surface area contributed by atoms with E-state index < -0.39 is 0 Å². The summed E-state index contributed by atoms with van der Waals surface area (Å²) in [6.45, 7) is 0.835. The summed E-state index contributed by atoms with van der Waals surface area (Å²) in [7, 11) is 4.74. The number of hydrogen-bond donors (Lipinski definition) is 1. The molecule has 0 saturated carbocycles. The lowest BCUT2D eigenvalue weighted by molar-refractivity contribution is -0.148. The molecule has 2 amide bonds. The van der Waals surface area contributed by atoms with Crippen molar-refractivity contribution in [3.63, 3.8) is 0 Å². The van der Waals surface area contributed by atoms with Crippen LogP contribution in [0.2, 0.25) is 0 Å². The molecule has 1 N–H and O–H groups in total. The number of piperidine rings is 1. The number of nitrogens with one attached hydrogen (secondary N) is 1. The summed E-state index contributed by atoms with van der Waals surface area (Å²) in [6, 6.07) is 6.39. The number of methoxy groups -OCH3 is 1. The number of anilines is 1. The monoisotopic (exact) mass is 347 g/mol. The molecule has 1 fully saturated rings. The molecule has 136 valence electrons. The number of likely N-dealkylation sites (tertiary alicyclic amines) is 1. The Morgan fingerprint density at radius 3 is 2.48 bits per heavy atom. The predicted octanol–water partition coefficient (Wildman–Crippen LogP) is 1.35. The van der Waals surface area contributed by atoms with Gasteiger partial charge in [-0.2, -0.15) is 0 Å². The van der Waals surface area contributed by atoms with Gasteiger partial charge in [-0.05, 0) is 43.7 Å². The minimum Gasteiger partial charge on any atom is -0.468 e. The first kappa shape index (κ1) is 18.9. The number of benzene rings is 1. The van der Waals surface area contributed by atoms with Gasteiger partial charge in [-0.1, -0.05) is 6.42 Å². The molecular weight excluding hydrogens is 322 g/mol. The third-order valence-electron chi connectivity index (χ3n) is 4.26. The summed E-state index contributed by atoms with van der Waals surface area (Å²) in [5.41, 5.74) is 1.18. The van der Waals surface area contributed by atoms with Crippen molar-refractivity contribution in [2.75, 3.05) is 39.6 Å². The van der Waals surface area contributed by atoms with Crippen LogP contribution in [0.5, 0.6) is 0 Å². The number of amides is 2. The van der Waals surface area contributed by atoms with Gasteiger partial charge >= 0.3 is 5.97 Å². The quantitative estimate of drug-likeness (QED) is 0.814. The maximum Gasteiger partial charge on any atom is 0.323 e. The Morgan fingerprint density at radius 1 is 1.20 bits per heavy atom. The van der Waals surface area contributed by atoms with Gasteiger partial charge in [0.25, 0.3) is 5.91 Å². The molecule has 1 aromatic rings. The van der Waals surface area contributed by atoms with Crippen molar-refractivity contribution in [2.45, 2.75) is 25.3 Å². The molecule has 0 aliphatic carbocycles. The van der Waals surface area contributed by atoms with Gasteiger partial charge in [0.2, 0.25) is 5.91 Å². The molecule has 25 heavy (non-hydrogen) atoms. The summed E-state index contributed by atoms with van der Waals surface area (Å²) in [5, 5.41) is 2.80. The van der Waals surface area contributed by atoms with E-state index in [2.05, 4.69) is 5.32 Å². The van der Waals surface area contributed by atoms with Crippen LogP contribution in [0.25, 0.3) is 0 Å². The largest absolute Gasteiger partial charge is 0.468 e. The standard InChI is InChI=1S/C18H25N3O4/c1-20(2)17(23)13-7-9-14(10-8-13)19-16(22)12-21-11-5-4-6-15(21)18(24)25-3/h7-10,15H,4-6,11-12H2,1-3H3,(H,19,22)/t15-/m1/s1. The molecule has 0 spiro atoms. The Balaban J connectivity index is 1.95. The van der Waals surface area contributed by atoms with E-state index in [0.29, 0.717) is 24.2 Å². The molecule has 1 aliphatic heterocycles. The summed E-state index contributed by atoms with van der Waals surface area (Å²) in [5.74, 6) is -0.575. The van der Waals surface area contributed by atoms with Crippen LogP contribution in [-0.4, -0.2) is 67.9 Å². The zero-order valence-corrected chi connectivity index (χ0v) is 14.9. The maximum atomic E-state index is 12.3. The molecule has 1 aromatic carbocycles. The van der Waals surface area contributed by atoms with Gasteiger partial charge < -0.3 is 15.0 Å². The number of carbonyl (C=O) groups excluding carboxylic acids is 3. The Kier molecular flexibility index (Phi) is 6.52. The van der Waals surface area contributed by atoms with Gasteiger partial charge in [0, 0.05) is 25.3 Å². The average molecular weight is 347 g/mol. The fourth-order valence-electron chi connectivity index (χ4n) is 2.92. The van der Waals surface area contributed by atoms with Crippen molar-refractivity contribution in [3.05, 3.63) is 29.8 Å². The normalized spacial score (nSPS) is 17.6. The SMILES string of the molecule is COC(=O)[C@H]1CCCCN1CC(=O)Nc1ccc(C(=O)N(C)C)cc1. The van der Waals surface area contributed by atoms with Gasteiger partial charge in [-0.15, -0.1) is 0 Å². The van der Waals surface area contributed by atoms with E-state index in [0.717, 1.165) is 12.8 Å². The zero-order valence-electron chi connectivity index (χ0n) is 14.9. The smallest absolute Gasteiger partial charge is 0.323 e. The van der Waals surface area contributed by atoms with E-state index in [1.165, 1.54) is 12.0 Å². The zero-order chi connectivity index (χ0) is 18.4. The summed E-state index contributed by atoms with van der Waals surface area (Å²) < 4.78 is 4.83. The molecule has 1 saturated heterocycles. The van der Waals surface area contributed by atoms with Crippen LogP contribution in [0.1, 0.15) is 29.6 Å². The molecule has 0 unspecified atom stereocenters. The number of hydrogen-bond acceptors (Lipinski definition) is 5. The molecule has 0 aromatic heterocycles. The third kappa shape index (κ3) is 5.03. The van der Waals surface area contributed by atoms with Crippen molar-refractivity contribution in [1.82, 2.24) is 9.80 Å². The van der Waals surface area contributed by atoms with Crippen molar-refractivity contribution < 1.29 is 19.1 Å². The Bertz CT molecular complexity index is 628. The molecule has 1 atom stereocenters. The second-order valence-electron chi connectivity index (χ2n) is 6.33. The first-order valence-electron chi connectivity index (χ1n) is 8.36. The first-order valence-corrected chi connectivity index (χ1v) is 8.36. The first-order chi connectivity index (χ1) is 11.9. The Morgan fingerprint density at radius 2 is 1.88 bits per heavy atom. The highest BCUT2D eigenvalue weighted by Gasteiger charge is 2.30. The maximum absolute atomic E-state index is 12.3. The average Bonchev–Trinajstić information content (AvgIpc) is 2.61. The van der Waals surface area contributed by atoms with Crippen molar-refractivity contribution in [2.24, 2.45) is 0 Å². The topological polar surface area (TPSA) is 79.0 Å². The van der Waals surface area contributed by atoms with E-state index >= 15 is 0 Å². The van der Waals surface area contributed by atoms with Crippen LogP contribution in [0.3, 0.4) is 0 Å². The van der Waals surface area contributed by atoms with Crippen LogP contribution < -0.4 is 5.32 Å². The lowest BCUT2D eigenvalue weighted by Gasteiger charge is -2.32. The Labute approximate surface area is 147 Å². The predicted molar refractivity (Wildman–Crippen MR) is 94.3 cm³/mol. The number of rotatable bonds is 5. The Hall–Kier alpha value is -2.41. The molecule has 0 bridgehead atoms. The van der Waals surface area contributed by atoms with Crippen LogP contribution in [0.15, 0.2) is 24.3 Å². The number of esters is 1. The van der Waals surface area contributed by atoms with Gasteiger partial charge in [0.15, 0.2) is 0 Å². The lowest BCUT2D eigenvalue weighted by atomic mass is 10.0. The van der Waals surface area contributed by atoms with Gasteiger partial charge in [0.05, 0.1) is 13.7 Å². The van der Waals surface area contributed by atoms with Gasteiger partial charge in [0.1, 0.15) is 6.04 Å². The van der Waals surface area contributed by atoms with Crippen molar-refractivity contribution in [1.29, 1.82) is 0 Å². The second-order valence-corrected chi connectivity index (χ2v) is 6.33. The molecule has 2 rings (SSSR count). The van der Waals surface area contributed by atoms with E-state index in [-0.39, 0.29) is 30.4 Å². The van der Waals surface area contributed by atoms with Crippen molar-refractivity contribution in [3.8, 4) is 0 Å². The summed E-state index contributed by atoms with van der Waals surface area (Å²) in [6.07, 6.45) is 2.63. The molecule has 1 heterocycles. The highest BCUT2D eigenvalue weighted by molar-refractivity contribution is 5.96. The summed E-state index contributed by atoms with van der Waals surface area (Å²) >= 11 is 0. The lowest BCUT2D eigenvalue weighted by Crippen LogP contribution is -2.48. The third-order valence-corrected chi connectivity index (χ3v) is 4.26. The minimum absolute atomic E-state index is 0.0906. The molecule has 7 heteroatoms. The highest BCUT2D eigenvalue weighted by atomic mass is 16.5. The molecular formula is C18H25N3O4. The van der Waals surface area contributed by atoms with E-state index in [1.807, 2.05) is 4.90 Å². The molecule has 0 radical (unpaired) electrons. The van der Waals surface area contributed by atoms with Gasteiger partial charge in [-0.25, -0.2) is 0 Å². The van der Waals surface area contributed by atoms with Crippen LogP contribution in [0, 0.1) is 0 Å².